The minimum absolute atomic E-state index is 0.445. The Morgan fingerprint density at radius 2 is 2.24 bits per heavy atom. The van der Waals surface area contributed by atoms with Gasteiger partial charge in [-0.15, -0.1) is 6.58 Å². The van der Waals surface area contributed by atoms with E-state index in [9.17, 15) is 0 Å². The summed E-state index contributed by atoms with van der Waals surface area (Å²) in [5.74, 6) is 1.41. The zero-order chi connectivity index (χ0) is 15.5. The van der Waals surface area contributed by atoms with Crippen molar-refractivity contribution in [2.75, 3.05) is 20.3 Å². The number of nitrogens with zero attached hydrogens (tertiary/aromatic N) is 1. The van der Waals surface area contributed by atoms with Crippen molar-refractivity contribution >= 4 is 23.5 Å². The fourth-order valence-electron chi connectivity index (χ4n) is 1.47. The van der Waals surface area contributed by atoms with Crippen molar-refractivity contribution in [3.8, 4) is 11.5 Å². The Kier molecular flexibility index (Phi) is 7.89. The van der Waals surface area contributed by atoms with Gasteiger partial charge >= 0.3 is 0 Å². The standard InChI is InChI=1S/C15H21N3O2S/c1-4-8-16-15(21)18-17-11-12-6-7-13(20-9-5-2)14(10-12)19-3/h4,6-7,10-11H,1,5,8-9H2,2-3H3,(H2,16,18,21)/b17-11-. The maximum Gasteiger partial charge on any atom is 0.187 e. The van der Waals surface area contributed by atoms with Crippen LogP contribution in [-0.4, -0.2) is 31.6 Å². The quantitative estimate of drug-likeness (QED) is 0.334. The van der Waals surface area contributed by atoms with E-state index < -0.39 is 0 Å². The van der Waals surface area contributed by atoms with E-state index in [1.165, 1.54) is 0 Å². The van der Waals surface area contributed by atoms with Crippen LogP contribution in [0.2, 0.25) is 0 Å². The lowest BCUT2D eigenvalue weighted by Crippen LogP contribution is -2.31. The van der Waals surface area contributed by atoms with Gasteiger partial charge in [0.2, 0.25) is 0 Å². The molecule has 21 heavy (non-hydrogen) atoms. The summed E-state index contributed by atoms with van der Waals surface area (Å²) in [5.41, 5.74) is 3.61. The van der Waals surface area contributed by atoms with Crippen LogP contribution in [0.5, 0.6) is 11.5 Å². The molecule has 114 valence electrons. The summed E-state index contributed by atoms with van der Waals surface area (Å²) in [5, 5.41) is 7.41. The summed E-state index contributed by atoms with van der Waals surface area (Å²) in [4.78, 5) is 0. The SMILES string of the molecule is C=CCNC(=S)N/N=C\c1ccc(OCCC)c(OC)c1. The van der Waals surface area contributed by atoms with Gasteiger partial charge in [0.15, 0.2) is 16.6 Å². The Labute approximate surface area is 131 Å². The maximum atomic E-state index is 5.59. The van der Waals surface area contributed by atoms with Gasteiger partial charge < -0.3 is 14.8 Å². The van der Waals surface area contributed by atoms with E-state index in [4.69, 9.17) is 21.7 Å². The highest BCUT2D eigenvalue weighted by molar-refractivity contribution is 7.80. The molecule has 0 saturated carbocycles. The molecule has 0 aliphatic heterocycles. The molecule has 0 aliphatic rings. The molecule has 0 bridgehead atoms. The fraction of sp³-hybridized carbons (Fsp3) is 0.333. The topological polar surface area (TPSA) is 54.9 Å². The van der Waals surface area contributed by atoms with Crippen LogP contribution in [0, 0.1) is 0 Å². The van der Waals surface area contributed by atoms with Gasteiger partial charge in [0.25, 0.3) is 0 Å². The molecule has 0 saturated heterocycles. The second-order valence-electron chi connectivity index (χ2n) is 4.13. The first-order valence-electron chi connectivity index (χ1n) is 6.69. The van der Waals surface area contributed by atoms with Crippen molar-refractivity contribution in [3.05, 3.63) is 36.4 Å². The van der Waals surface area contributed by atoms with E-state index in [2.05, 4.69) is 29.3 Å². The van der Waals surface area contributed by atoms with Crippen LogP contribution in [-0.2, 0) is 0 Å². The summed E-state index contributed by atoms with van der Waals surface area (Å²) in [6.07, 6.45) is 4.33. The number of thiocarbonyl (C=S) groups is 1. The lowest BCUT2D eigenvalue weighted by molar-refractivity contribution is 0.294. The first kappa shape index (κ1) is 17.0. The van der Waals surface area contributed by atoms with E-state index >= 15 is 0 Å². The second-order valence-corrected chi connectivity index (χ2v) is 4.54. The smallest absolute Gasteiger partial charge is 0.187 e. The Bertz CT molecular complexity index is 504. The number of rotatable bonds is 8. The van der Waals surface area contributed by atoms with Gasteiger partial charge in [-0.1, -0.05) is 13.0 Å². The van der Waals surface area contributed by atoms with Gasteiger partial charge in [0.05, 0.1) is 19.9 Å². The molecular formula is C15H21N3O2S. The number of benzene rings is 1. The molecule has 0 radical (unpaired) electrons. The van der Waals surface area contributed by atoms with Crippen molar-refractivity contribution in [1.29, 1.82) is 0 Å². The molecule has 0 spiro atoms. The third-order valence-electron chi connectivity index (χ3n) is 2.44. The largest absolute Gasteiger partial charge is 0.493 e. The summed E-state index contributed by atoms with van der Waals surface area (Å²) < 4.78 is 10.9. The van der Waals surface area contributed by atoms with Crippen molar-refractivity contribution in [1.82, 2.24) is 10.7 Å². The molecular weight excluding hydrogens is 286 g/mol. The lowest BCUT2D eigenvalue weighted by Gasteiger charge is -2.10. The molecule has 1 aromatic rings. The Balaban J connectivity index is 2.63. The molecule has 2 N–H and O–H groups in total. The van der Waals surface area contributed by atoms with Crippen LogP contribution in [0.3, 0.4) is 0 Å². The summed E-state index contributed by atoms with van der Waals surface area (Å²) >= 11 is 5.02. The second kappa shape index (κ2) is 9.77. The van der Waals surface area contributed by atoms with Crippen molar-refractivity contribution in [2.24, 2.45) is 5.10 Å². The molecule has 0 fully saturated rings. The minimum Gasteiger partial charge on any atom is -0.493 e. The van der Waals surface area contributed by atoms with Crippen LogP contribution in [0.1, 0.15) is 18.9 Å². The van der Waals surface area contributed by atoms with E-state index in [0.29, 0.717) is 24.0 Å². The molecule has 1 rings (SSSR count). The molecule has 6 heteroatoms. The average molecular weight is 307 g/mol. The summed E-state index contributed by atoms with van der Waals surface area (Å²) in [7, 11) is 1.61. The third-order valence-corrected chi connectivity index (χ3v) is 2.67. The van der Waals surface area contributed by atoms with E-state index in [1.54, 1.807) is 19.4 Å². The number of nitrogens with one attached hydrogen (secondary N) is 2. The number of hydrogen-bond acceptors (Lipinski definition) is 4. The predicted molar refractivity (Wildman–Crippen MR) is 90.3 cm³/mol. The number of hydrazone groups is 1. The third kappa shape index (κ3) is 6.27. The molecule has 0 amide bonds. The van der Waals surface area contributed by atoms with Crippen LogP contribution < -0.4 is 20.2 Å². The van der Waals surface area contributed by atoms with E-state index in [1.807, 2.05) is 18.2 Å². The fourth-order valence-corrected chi connectivity index (χ4v) is 1.60. The Morgan fingerprint density at radius 1 is 1.43 bits per heavy atom. The first-order chi connectivity index (χ1) is 10.2. The van der Waals surface area contributed by atoms with Gasteiger partial charge in [-0.25, -0.2) is 0 Å². The first-order valence-corrected chi connectivity index (χ1v) is 7.10. The zero-order valence-electron chi connectivity index (χ0n) is 12.4. The Morgan fingerprint density at radius 3 is 2.90 bits per heavy atom. The van der Waals surface area contributed by atoms with Crippen molar-refractivity contribution < 1.29 is 9.47 Å². The van der Waals surface area contributed by atoms with Gasteiger partial charge in [0, 0.05) is 6.54 Å². The van der Waals surface area contributed by atoms with Crippen LogP contribution >= 0.6 is 12.2 Å². The van der Waals surface area contributed by atoms with Crippen LogP contribution in [0.4, 0.5) is 0 Å². The predicted octanol–water partition coefficient (Wildman–Crippen LogP) is 2.47. The number of ether oxygens (including phenoxy) is 2. The monoisotopic (exact) mass is 307 g/mol. The minimum atomic E-state index is 0.445. The molecule has 0 heterocycles. The number of hydrogen-bond donors (Lipinski definition) is 2. The molecule has 5 nitrogen and oxygen atoms in total. The van der Waals surface area contributed by atoms with E-state index in [0.717, 1.165) is 17.7 Å². The maximum absolute atomic E-state index is 5.59. The van der Waals surface area contributed by atoms with Crippen LogP contribution in [0.15, 0.2) is 36.0 Å². The van der Waals surface area contributed by atoms with Gasteiger partial charge in [-0.3, -0.25) is 5.43 Å². The summed E-state index contributed by atoms with van der Waals surface area (Å²) in [6.45, 7) is 6.91. The number of methoxy groups -OCH3 is 1. The Hall–Kier alpha value is -2.08. The zero-order valence-corrected chi connectivity index (χ0v) is 13.2. The highest BCUT2D eigenvalue weighted by Crippen LogP contribution is 2.27. The van der Waals surface area contributed by atoms with Gasteiger partial charge in [0.1, 0.15) is 0 Å². The highest BCUT2D eigenvalue weighted by Gasteiger charge is 2.04. The van der Waals surface area contributed by atoms with Gasteiger partial charge in [-0.2, -0.15) is 5.10 Å². The molecule has 0 aliphatic carbocycles. The molecule has 1 aromatic carbocycles. The van der Waals surface area contributed by atoms with E-state index in [-0.39, 0.29) is 0 Å². The summed E-state index contributed by atoms with van der Waals surface area (Å²) in [6, 6.07) is 5.62. The van der Waals surface area contributed by atoms with Crippen molar-refractivity contribution in [3.63, 3.8) is 0 Å². The molecule has 0 atom stereocenters. The lowest BCUT2D eigenvalue weighted by atomic mass is 10.2. The normalized spacial score (nSPS) is 10.2. The molecule has 0 aromatic heterocycles. The van der Waals surface area contributed by atoms with Gasteiger partial charge in [-0.05, 0) is 42.4 Å². The average Bonchev–Trinajstić information content (AvgIpc) is 2.51. The van der Waals surface area contributed by atoms with Crippen LogP contribution in [0.25, 0.3) is 0 Å². The van der Waals surface area contributed by atoms with Crippen molar-refractivity contribution in [2.45, 2.75) is 13.3 Å². The highest BCUT2D eigenvalue weighted by atomic mass is 32.1. The molecule has 0 unspecified atom stereocenters.